The quantitative estimate of drug-likeness (QED) is 0.483. The fraction of sp³-hybridized carbons (Fsp3) is 1.00. The third-order valence-electron chi connectivity index (χ3n) is 1.82. The van der Waals surface area contributed by atoms with Gasteiger partial charge in [-0.25, -0.2) is 0 Å². The molecule has 0 heterocycles. The molecule has 0 aromatic heterocycles. The Hall–Kier alpha value is -0.0800. The molecule has 0 saturated heterocycles. The Kier molecular flexibility index (Phi) is 1.86. The molecule has 0 bridgehead atoms. The van der Waals surface area contributed by atoms with Gasteiger partial charge in [0.15, 0.2) is 0 Å². The van der Waals surface area contributed by atoms with Crippen molar-refractivity contribution in [2.75, 3.05) is 0 Å². The van der Waals surface area contributed by atoms with Crippen LogP contribution in [0.25, 0.3) is 0 Å². The third kappa shape index (κ3) is 1.46. The lowest BCUT2D eigenvalue weighted by Gasteiger charge is -2.22. The zero-order chi connectivity index (χ0) is 5.98. The summed E-state index contributed by atoms with van der Waals surface area (Å²) in [5, 5.41) is 0. The Bertz CT molecular complexity index is 59.5. The van der Waals surface area contributed by atoms with Crippen molar-refractivity contribution in [3.63, 3.8) is 0 Å². The van der Waals surface area contributed by atoms with E-state index in [1.807, 2.05) is 0 Å². The minimum Gasteiger partial charge on any atom is -0.328 e. The monoisotopic (exact) mass is 116 g/mol. The summed E-state index contributed by atoms with van der Waals surface area (Å²) in [5.74, 6) is 0. The van der Waals surface area contributed by atoms with Crippen LogP contribution in [0.5, 0.6) is 0 Å². The van der Waals surface area contributed by atoms with Gasteiger partial charge >= 0.3 is 0 Å². The summed E-state index contributed by atoms with van der Waals surface area (Å²) in [6.45, 7) is 0. The van der Waals surface area contributed by atoms with E-state index >= 15 is 0 Å². The largest absolute Gasteiger partial charge is 0.328 e. The van der Waals surface area contributed by atoms with E-state index in [0.717, 1.165) is 25.7 Å². The molecule has 0 spiro atoms. The van der Waals surface area contributed by atoms with Crippen molar-refractivity contribution in [3.8, 4) is 0 Å². The highest BCUT2D eigenvalue weighted by Gasteiger charge is 2.13. The van der Waals surface area contributed by atoms with Crippen molar-refractivity contribution in [1.82, 2.24) is 0 Å². The Morgan fingerprint density at radius 3 is 1.38 bits per heavy atom. The molecule has 1 fully saturated rings. The molecule has 2 nitrogen and oxygen atoms in total. The van der Waals surface area contributed by atoms with Gasteiger partial charge < -0.3 is 11.5 Å². The highest BCUT2D eigenvalue weighted by Crippen LogP contribution is 2.14. The molecule has 0 unspecified atom stereocenters. The lowest BCUT2D eigenvalue weighted by Crippen LogP contribution is -2.33. The standard InChI is InChI=1S/C6H14N2.H2/c7-5-1-2-6(8)4-3-5;/h5-6H,1-4,7-8H2;1H. The maximum Gasteiger partial charge on any atom is 0.00399 e. The summed E-state index contributed by atoms with van der Waals surface area (Å²) in [5.41, 5.74) is 11.3. The molecule has 4 N–H and O–H groups in total. The van der Waals surface area contributed by atoms with Crippen LogP contribution in [0.4, 0.5) is 0 Å². The summed E-state index contributed by atoms with van der Waals surface area (Å²) in [6, 6.07) is 0.879. The van der Waals surface area contributed by atoms with Crippen LogP contribution in [0.15, 0.2) is 0 Å². The van der Waals surface area contributed by atoms with Crippen molar-refractivity contribution >= 4 is 0 Å². The average molecular weight is 116 g/mol. The smallest absolute Gasteiger partial charge is 0.00399 e. The second-order valence-corrected chi connectivity index (χ2v) is 2.67. The van der Waals surface area contributed by atoms with Gasteiger partial charge in [-0.15, -0.1) is 0 Å². The number of hydrogen-bond donors (Lipinski definition) is 2. The van der Waals surface area contributed by atoms with Crippen LogP contribution in [0.1, 0.15) is 27.1 Å². The average Bonchev–Trinajstić information content (AvgIpc) is 1.77. The predicted molar refractivity (Wildman–Crippen MR) is 36.5 cm³/mol. The molecular formula is C6H16N2. The number of nitrogens with two attached hydrogens (primary N) is 2. The fourth-order valence-corrected chi connectivity index (χ4v) is 1.14. The van der Waals surface area contributed by atoms with E-state index in [1.54, 1.807) is 0 Å². The van der Waals surface area contributed by atoms with Gasteiger partial charge in [-0.3, -0.25) is 0 Å². The topological polar surface area (TPSA) is 52.0 Å². The zero-order valence-corrected chi connectivity index (χ0v) is 5.14. The summed E-state index contributed by atoms with van der Waals surface area (Å²) >= 11 is 0. The van der Waals surface area contributed by atoms with Crippen LogP contribution in [0.2, 0.25) is 0 Å². The molecule has 0 atom stereocenters. The van der Waals surface area contributed by atoms with Gasteiger partial charge in [0.25, 0.3) is 0 Å². The predicted octanol–water partition coefficient (Wildman–Crippen LogP) is 0.461. The second-order valence-electron chi connectivity index (χ2n) is 2.67. The Morgan fingerprint density at radius 2 is 1.12 bits per heavy atom. The highest BCUT2D eigenvalue weighted by molar-refractivity contribution is 4.75. The van der Waals surface area contributed by atoms with Crippen molar-refractivity contribution < 1.29 is 1.43 Å². The molecule has 1 aliphatic rings. The first-order valence-electron chi connectivity index (χ1n) is 3.30. The summed E-state index contributed by atoms with van der Waals surface area (Å²) in [6.07, 6.45) is 4.50. The van der Waals surface area contributed by atoms with Crippen molar-refractivity contribution in [3.05, 3.63) is 0 Å². The van der Waals surface area contributed by atoms with Crippen molar-refractivity contribution in [2.45, 2.75) is 37.8 Å². The van der Waals surface area contributed by atoms with Gasteiger partial charge in [-0.1, -0.05) is 0 Å². The van der Waals surface area contributed by atoms with Gasteiger partial charge in [0.05, 0.1) is 0 Å². The molecule has 1 aliphatic carbocycles. The Balaban J connectivity index is 0.000000640. The molecule has 0 aromatic rings. The Labute approximate surface area is 51.7 Å². The fourth-order valence-electron chi connectivity index (χ4n) is 1.14. The molecule has 0 radical (unpaired) electrons. The summed E-state index contributed by atoms with van der Waals surface area (Å²) in [7, 11) is 0. The minimum atomic E-state index is 0. The van der Waals surface area contributed by atoms with Crippen LogP contribution >= 0.6 is 0 Å². The Morgan fingerprint density at radius 1 is 0.875 bits per heavy atom. The highest BCUT2D eigenvalue weighted by atomic mass is 14.7. The van der Waals surface area contributed by atoms with Gasteiger partial charge in [0.2, 0.25) is 0 Å². The van der Waals surface area contributed by atoms with E-state index in [1.165, 1.54) is 0 Å². The zero-order valence-electron chi connectivity index (χ0n) is 5.14. The van der Waals surface area contributed by atoms with E-state index < -0.39 is 0 Å². The van der Waals surface area contributed by atoms with Gasteiger partial charge in [0.1, 0.15) is 0 Å². The van der Waals surface area contributed by atoms with E-state index in [9.17, 15) is 0 Å². The van der Waals surface area contributed by atoms with Crippen LogP contribution in [-0.2, 0) is 0 Å². The first-order chi connectivity index (χ1) is 3.79. The molecule has 50 valence electrons. The molecule has 0 aromatic carbocycles. The normalized spacial score (nSPS) is 39.8. The summed E-state index contributed by atoms with van der Waals surface area (Å²) in [4.78, 5) is 0. The lowest BCUT2D eigenvalue weighted by atomic mass is 9.93. The maximum absolute atomic E-state index is 5.64. The van der Waals surface area contributed by atoms with Crippen molar-refractivity contribution in [1.29, 1.82) is 0 Å². The van der Waals surface area contributed by atoms with E-state index in [0.29, 0.717) is 12.1 Å². The number of hydrogen-bond acceptors (Lipinski definition) is 2. The third-order valence-corrected chi connectivity index (χ3v) is 1.82. The molecule has 1 saturated carbocycles. The van der Waals surface area contributed by atoms with Gasteiger partial charge in [0, 0.05) is 13.5 Å². The van der Waals surface area contributed by atoms with Crippen LogP contribution in [-0.4, -0.2) is 12.1 Å². The first kappa shape index (κ1) is 6.05. The number of rotatable bonds is 0. The van der Waals surface area contributed by atoms with E-state index in [2.05, 4.69) is 0 Å². The van der Waals surface area contributed by atoms with E-state index in [4.69, 9.17) is 11.5 Å². The second kappa shape index (κ2) is 2.46. The van der Waals surface area contributed by atoms with Gasteiger partial charge in [-0.05, 0) is 25.7 Å². The van der Waals surface area contributed by atoms with Crippen LogP contribution in [0, 0.1) is 0 Å². The van der Waals surface area contributed by atoms with E-state index in [-0.39, 0.29) is 1.43 Å². The molecule has 0 aliphatic heterocycles. The van der Waals surface area contributed by atoms with Crippen LogP contribution < -0.4 is 11.5 Å². The SMILES string of the molecule is NC1CCC(N)CC1.[HH]. The van der Waals surface area contributed by atoms with Crippen LogP contribution in [0.3, 0.4) is 0 Å². The first-order valence-corrected chi connectivity index (χ1v) is 3.30. The lowest BCUT2D eigenvalue weighted by molar-refractivity contribution is 0.395. The minimum absolute atomic E-state index is 0. The molecular weight excluding hydrogens is 100 g/mol. The van der Waals surface area contributed by atoms with Crippen molar-refractivity contribution in [2.24, 2.45) is 11.5 Å². The molecule has 0 amide bonds. The van der Waals surface area contributed by atoms with Gasteiger partial charge in [-0.2, -0.15) is 0 Å². The molecule has 8 heavy (non-hydrogen) atoms. The molecule has 2 heteroatoms. The summed E-state index contributed by atoms with van der Waals surface area (Å²) < 4.78 is 0. The molecule has 1 rings (SSSR count). The maximum atomic E-state index is 5.64.